The van der Waals surface area contributed by atoms with Crippen molar-refractivity contribution in [1.82, 2.24) is 0 Å². The van der Waals surface area contributed by atoms with E-state index in [-0.39, 0.29) is 11.9 Å². The van der Waals surface area contributed by atoms with E-state index >= 15 is 0 Å². The van der Waals surface area contributed by atoms with Gasteiger partial charge in [-0.25, -0.2) is 0 Å². The number of hydrogen-bond acceptors (Lipinski definition) is 3. The lowest BCUT2D eigenvalue weighted by molar-refractivity contribution is -0.176. The van der Waals surface area contributed by atoms with Gasteiger partial charge in [-0.2, -0.15) is 0 Å². The van der Waals surface area contributed by atoms with E-state index in [2.05, 4.69) is 0 Å². The number of aromatic hydroxyl groups is 1. The number of alkyl halides is 1. The molecule has 0 bridgehead atoms. The fourth-order valence-electron chi connectivity index (χ4n) is 1.90. The Morgan fingerprint density at radius 3 is 2.62 bits per heavy atom. The van der Waals surface area contributed by atoms with Crippen molar-refractivity contribution in [3.05, 3.63) is 29.8 Å². The summed E-state index contributed by atoms with van der Waals surface area (Å²) in [4.78, 5) is 0. The molecule has 2 atom stereocenters. The van der Waals surface area contributed by atoms with E-state index < -0.39 is 5.79 Å². The third-order valence-electron chi connectivity index (χ3n) is 2.80. The minimum absolute atomic E-state index is 0.0598. The van der Waals surface area contributed by atoms with Gasteiger partial charge in [0.15, 0.2) is 5.79 Å². The summed E-state index contributed by atoms with van der Waals surface area (Å²) in [5.74, 6) is -0.0329. The van der Waals surface area contributed by atoms with Crippen LogP contribution in [0.5, 0.6) is 5.75 Å². The first-order valence-electron chi connectivity index (χ1n) is 5.37. The van der Waals surface area contributed by atoms with Crippen molar-refractivity contribution >= 4 is 11.6 Å². The van der Waals surface area contributed by atoms with E-state index in [1.807, 2.05) is 19.1 Å². The topological polar surface area (TPSA) is 38.7 Å². The Hall–Kier alpha value is -0.770. The van der Waals surface area contributed by atoms with Gasteiger partial charge in [0.1, 0.15) is 5.75 Å². The van der Waals surface area contributed by atoms with Gasteiger partial charge >= 0.3 is 0 Å². The fraction of sp³-hybridized carbons (Fsp3) is 0.500. The average Bonchev–Trinajstić information content (AvgIpc) is 2.75. The lowest BCUT2D eigenvalue weighted by Crippen LogP contribution is -2.27. The van der Waals surface area contributed by atoms with Crippen molar-refractivity contribution in [2.24, 2.45) is 0 Å². The van der Waals surface area contributed by atoms with Crippen LogP contribution < -0.4 is 0 Å². The summed E-state index contributed by atoms with van der Waals surface area (Å²) in [6.45, 7) is 2.52. The van der Waals surface area contributed by atoms with E-state index in [0.29, 0.717) is 18.9 Å². The maximum atomic E-state index is 9.25. The molecule has 1 fully saturated rings. The third kappa shape index (κ3) is 2.03. The molecule has 1 aromatic rings. The molecule has 1 saturated heterocycles. The molecule has 3 nitrogen and oxygen atoms in total. The second-order valence-corrected chi connectivity index (χ2v) is 4.17. The van der Waals surface area contributed by atoms with Crippen molar-refractivity contribution in [2.75, 3.05) is 12.5 Å². The molecule has 1 N–H and O–H groups in total. The lowest BCUT2D eigenvalue weighted by atomic mass is 10.0. The van der Waals surface area contributed by atoms with Gasteiger partial charge in [0.05, 0.1) is 18.6 Å². The Morgan fingerprint density at radius 1 is 1.44 bits per heavy atom. The minimum Gasteiger partial charge on any atom is -0.508 e. The third-order valence-corrected chi connectivity index (χ3v) is 3.15. The van der Waals surface area contributed by atoms with Crippen LogP contribution in [0.25, 0.3) is 0 Å². The van der Waals surface area contributed by atoms with Gasteiger partial charge < -0.3 is 14.6 Å². The van der Waals surface area contributed by atoms with E-state index in [9.17, 15) is 5.11 Å². The summed E-state index contributed by atoms with van der Waals surface area (Å²) in [5.41, 5.74) is 0.917. The molecule has 0 amide bonds. The molecule has 1 aliphatic rings. The molecule has 2 rings (SSSR count). The summed E-state index contributed by atoms with van der Waals surface area (Å²) in [5, 5.41) is 9.25. The molecular weight excluding hydrogens is 228 g/mol. The smallest absolute Gasteiger partial charge is 0.195 e. The van der Waals surface area contributed by atoms with Gasteiger partial charge in [-0.1, -0.05) is 6.92 Å². The highest BCUT2D eigenvalue weighted by molar-refractivity contribution is 6.18. The first kappa shape index (κ1) is 11.7. The second kappa shape index (κ2) is 4.62. The average molecular weight is 243 g/mol. The Bertz CT molecular complexity index is 352. The van der Waals surface area contributed by atoms with E-state index in [1.54, 1.807) is 12.1 Å². The van der Waals surface area contributed by atoms with Crippen molar-refractivity contribution in [3.63, 3.8) is 0 Å². The molecule has 4 heteroatoms. The highest BCUT2D eigenvalue weighted by Crippen LogP contribution is 2.37. The molecule has 0 aliphatic carbocycles. The largest absolute Gasteiger partial charge is 0.508 e. The SMILES string of the molecule is CCC1(c2ccc(O)cc2)OCC(CCl)O1. The summed E-state index contributed by atoms with van der Waals surface area (Å²) < 4.78 is 11.6. The van der Waals surface area contributed by atoms with Crippen LogP contribution in [0.2, 0.25) is 0 Å². The highest BCUT2D eigenvalue weighted by Gasteiger charge is 2.41. The summed E-state index contributed by atoms with van der Waals surface area (Å²) in [6.07, 6.45) is 0.654. The molecule has 0 aromatic heterocycles. The number of benzene rings is 1. The highest BCUT2D eigenvalue weighted by atomic mass is 35.5. The minimum atomic E-state index is -0.701. The van der Waals surface area contributed by atoms with Crippen LogP contribution in [0.15, 0.2) is 24.3 Å². The fourth-order valence-corrected chi connectivity index (χ4v) is 2.05. The van der Waals surface area contributed by atoms with Gasteiger partial charge in [0.2, 0.25) is 0 Å². The molecular formula is C12H15ClO3. The first-order valence-corrected chi connectivity index (χ1v) is 5.91. The quantitative estimate of drug-likeness (QED) is 0.829. The molecule has 88 valence electrons. The predicted octanol–water partition coefficient (Wildman–Crippen LogP) is 2.61. The van der Waals surface area contributed by atoms with Crippen LogP contribution in [0, 0.1) is 0 Å². The molecule has 0 saturated carbocycles. The summed E-state index contributed by atoms with van der Waals surface area (Å²) in [6, 6.07) is 6.89. The zero-order valence-electron chi connectivity index (χ0n) is 9.15. The summed E-state index contributed by atoms with van der Waals surface area (Å²) in [7, 11) is 0. The number of phenols is 1. The predicted molar refractivity (Wildman–Crippen MR) is 61.6 cm³/mol. The first-order chi connectivity index (χ1) is 7.70. The Labute approximate surface area is 99.9 Å². The zero-order chi connectivity index (χ0) is 11.6. The molecule has 16 heavy (non-hydrogen) atoms. The number of phenolic OH excluding ortho intramolecular Hbond substituents is 1. The van der Waals surface area contributed by atoms with E-state index in [0.717, 1.165) is 5.56 Å². The molecule has 2 unspecified atom stereocenters. The van der Waals surface area contributed by atoms with E-state index in [4.69, 9.17) is 21.1 Å². The Balaban J connectivity index is 2.25. The van der Waals surface area contributed by atoms with Gasteiger partial charge in [0, 0.05) is 12.0 Å². The van der Waals surface area contributed by atoms with Crippen LogP contribution in [-0.2, 0) is 15.3 Å². The molecule has 0 radical (unpaired) electrons. The molecule has 1 aliphatic heterocycles. The van der Waals surface area contributed by atoms with Crippen LogP contribution in [-0.4, -0.2) is 23.7 Å². The normalized spacial score (nSPS) is 29.5. The van der Waals surface area contributed by atoms with Gasteiger partial charge in [-0.3, -0.25) is 0 Å². The Kier molecular flexibility index (Phi) is 3.38. The number of rotatable bonds is 3. The second-order valence-electron chi connectivity index (χ2n) is 3.86. The van der Waals surface area contributed by atoms with Gasteiger partial charge in [-0.05, 0) is 24.3 Å². The number of halogens is 1. The zero-order valence-corrected chi connectivity index (χ0v) is 9.91. The molecule has 1 heterocycles. The van der Waals surface area contributed by atoms with Crippen molar-refractivity contribution in [1.29, 1.82) is 0 Å². The number of ether oxygens (including phenoxy) is 2. The van der Waals surface area contributed by atoms with Gasteiger partial charge in [-0.15, -0.1) is 11.6 Å². The van der Waals surface area contributed by atoms with Crippen LogP contribution in [0.4, 0.5) is 0 Å². The van der Waals surface area contributed by atoms with Gasteiger partial charge in [0.25, 0.3) is 0 Å². The monoisotopic (exact) mass is 242 g/mol. The maximum Gasteiger partial charge on any atom is 0.195 e. The standard InChI is InChI=1S/C12H15ClO3/c1-2-12(15-8-11(7-13)16-12)9-3-5-10(14)6-4-9/h3-6,11,14H,2,7-8H2,1H3. The lowest BCUT2D eigenvalue weighted by Gasteiger charge is -2.27. The van der Waals surface area contributed by atoms with Crippen LogP contribution in [0.3, 0.4) is 0 Å². The van der Waals surface area contributed by atoms with Crippen molar-refractivity contribution in [2.45, 2.75) is 25.2 Å². The Morgan fingerprint density at radius 2 is 2.12 bits per heavy atom. The van der Waals surface area contributed by atoms with Crippen LogP contribution in [0.1, 0.15) is 18.9 Å². The number of hydrogen-bond donors (Lipinski definition) is 1. The van der Waals surface area contributed by atoms with Crippen molar-refractivity contribution in [3.8, 4) is 5.75 Å². The molecule has 0 spiro atoms. The molecule has 1 aromatic carbocycles. The maximum absolute atomic E-state index is 9.25. The summed E-state index contributed by atoms with van der Waals surface area (Å²) >= 11 is 5.76. The van der Waals surface area contributed by atoms with Crippen molar-refractivity contribution < 1.29 is 14.6 Å². The van der Waals surface area contributed by atoms with Crippen LogP contribution >= 0.6 is 11.6 Å². The van der Waals surface area contributed by atoms with E-state index in [1.165, 1.54) is 0 Å².